The number of benzene rings is 1. The highest BCUT2D eigenvalue weighted by Gasteiger charge is 2.21. The minimum atomic E-state index is 0.211. The number of hydrogen-bond donors (Lipinski definition) is 1. The Morgan fingerprint density at radius 1 is 1.35 bits per heavy atom. The van der Waals surface area contributed by atoms with E-state index in [2.05, 4.69) is 15.5 Å². The van der Waals surface area contributed by atoms with Crippen LogP contribution in [-0.2, 0) is 6.42 Å². The number of nitrogens with zero attached hydrogens (tertiary/aromatic N) is 2. The molecule has 0 radical (unpaired) electrons. The van der Waals surface area contributed by atoms with Crippen molar-refractivity contribution in [3.05, 3.63) is 41.5 Å². The van der Waals surface area contributed by atoms with E-state index in [1.54, 1.807) is 7.11 Å². The van der Waals surface area contributed by atoms with Crippen molar-refractivity contribution in [2.45, 2.75) is 31.7 Å². The van der Waals surface area contributed by atoms with E-state index in [9.17, 15) is 0 Å². The van der Waals surface area contributed by atoms with E-state index in [-0.39, 0.29) is 6.04 Å². The van der Waals surface area contributed by atoms with Crippen molar-refractivity contribution in [1.82, 2.24) is 15.5 Å². The minimum absolute atomic E-state index is 0.211. The fraction of sp³-hybridized carbons (Fsp3) is 0.467. The summed E-state index contributed by atoms with van der Waals surface area (Å²) in [5.41, 5.74) is 1.07. The van der Waals surface area contributed by atoms with Crippen molar-refractivity contribution >= 4 is 0 Å². The topological polar surface area (TPSA) is 60.2 Å². The Bertz CT molecular complexity index is 562. The highest BCUT2D eigenvalue weighted by atomic mass is 16.5. The van der Waals surface area contributed by atoms with Gasteiger partial charge in [0.2, 0.25) is 5.89 Å². The molecular weight excluding hydrogens is 254 g/mol. The van der Waals surface area contributed by atoms with Crippen molar-refractivity contribution in [1.29, 1.82) is 0 Å². The molecule has 0 amide bonds. The monoisotopic (exact) mass is 273 g/mol. The Morgan fingerprint density at radius 2 is 2.25 bits per heavy atom. The SMILES string of the molecule is COc1ccccc1Cc1noc([C@@H]2CCCCN2)n1. The number of nitrogens with one attached hydrogen (secondary N) is 1. The van der Waals surface area contributed by atoms with E-state index in [1.807, 2.05) is 24.3 Å². The van der Waals surface area contributed by atoms with Gasteiger partial charge < -0.3 is 14.6 Å². The standard InChI is InChI=1S/C15H19N3O2/c1-19-13-8-3-2-6-11(13)10-14-17-15(20-18-14)12-7-4-5-9-16-12/h2-3,6,8,12,16H,4-5,7,9-10H2,1H3/t12-/m0/s1. The smallest absolute Gasteiger partial charge is 0.243 e. The summed E-state index contributed by atoms with van der Waals surface area (Å²) in [7, 11) is 1.67. The lowest BCUT2D eigenvalue weighted by molar-refractivity contribution is 0.296. The van der Waals surface area contributed by atoms with Crippen LogP contribution in [0.15, 0.2) is 28.8 Å². The first-order valence-electron chi connectivity index (χ1n) is 7.04. The molecule has 1 atom stereocenters. The summed E-state index contributed by atoms with van der Waals surface area (Å²) in [4.78, 5) is 4.51. The van der Waals surface area contributed by atoms with Gasteiger partial charge in [0.25, 0.3) is 0 Å². The van der Waals surface area contributed by atoms with Gasteiger partial charge in [0, 0.05) is 12.0 Å². The second kappa shape index (κ2) is 6.05. The Hall–Kier alpha value is -1.88. The van der Waals surface area contributed by atoms with Crippen LogP contribution in [-0.4, -0.2) is 23.8 Å². The zero-order valence-corrected chi connectivity index (χ0v) is 11.6. The number of ether oxygens (including phenoxy) is 1. The molecule has 1 aliphatic heterocycles. The third-order valence-electron chi connectivity index (χ3n) is 3.63. The third-order valence-corrected chi connectivity index (χ3v) is 3.63. The first-order valence-corrected chi connectivity index (χ1v) is 7.04. The number of piperidine rings is 1. The van der Waals surface area contributed by atoms with Crippen LogP contribution in [0.4, 0.5) is 0 Å². The molecule has 0 bridgehead atoms. The highest BCUT2D eigenvalue weighted by Crippen LogP contribution is 2.23. The van der Waals surface area contributed by atoms with Gasteiger partial charge in [0.1, 0.15) is 5.75 Å². The average molecular weight is 273 g/mol. The molecule has 1 aromatic carbocycles. The summed E-state index contributed by atoms with van der Waals surface area (Å²) in [6, 6.07) is 8.12. The summed E-state index contributed by atoms with van der Waals surface area (Å²) in [6.45, 7) is 1.02. The molecule has 1 saturated heterocycles. The molecule has 0 unspecified atom stereocenters. The second-order valence-electron chi connectivity index (χ2n) is 5.04. The maximum Gasteiger partial charge on any atom is 0.243 e. The molecule has 0 aliphatic carbocycles. The molecule has 106 valence electrons. The van der Waals surface area contributed by atoms with E-state index >= 15 is 0 Å². The summed E-state index contributed by atoms with van der Waals surface area (Å²) < 4.78 is 10.7. The van der Waals surface area contributed by atoms with Crippen LogP contribution in [0.5, 0.6) is 5.75 Å². The van der Waals surface area contributed by atoms with Crippen molar-refractivity contribution < 1.29 is 9.26 Å². The molecule has 1 aliphatic rings. The van der Waals surface area contributed by atoms with Crippen LogP contribution in [0.25, 0.3) is 0 Å². The largest absolute Gasteiger partial charge is 0.496 e. The zero-order valence-electron chi connectivity index (χ0n) is 11.6. The highest BCUT2D eigenvalue weighted by molar-refractivity contribution is 5.35. The van der Waals surface area contributed by atoms with Gasteiger partial charge in [-0.05, 0) is 25.5 Å². The molecule has 1 fully saturated rings. The van der Waals surface area contributed by atoms with Crippen LogP contribution in [0, 0.1) is 0 Å². The van der Waals surface area contributed by atoms with Gasteiger partial charge in [0.15, 0.2) is 5.82 Å². The van der Waals surface area contributed by atoms with E-state index in [1.165, 1.54) is 12.8 Å². The fourth-order valence-corrected chi connectivity index (χ4v) is 2.56. The van der Waals surface area contributed by atoms with Crippen LogP contribution in [0.3, 0.4) is 0 Å². The first kappa shape index (κ1) is 13.1. The lowest BCUT2D eigenvalue weighted by Crippen LogP contribution is -2.27. The van der Waals surface area contributed by atoms with E-state index in [4.69, 9.17) is 9.26 Å². The van der Waals surface area contributed by atoms with Gasteiger partial charge in [-0.25, -0.2) is 0 Å². The Labute approximate surface area is 118 Å². The minimum Gasteiger partial charge on any atom is -0.496 e. The number of hydrogen-bond acceptors (Lipinski definition) is 5. The van der Waals surface area contributed by atoms with Gasteiger partial charge in [-0.3, -0.25) is 0 Å². The normalized spacial score (nSPS) is 18.9. The fourth-order valence-electron chi connectivity index (χ4n) is 2.56. The molecule has 0 spiro atoms. The Kier molecular flexibility index (Phi) is 3.97. The summed E-state index contributed by atoms with van der Waals surface area (Å²) >= 11 is 0. The third kappa shape index (κ3) is 2.82. The quantitative estimate of drug-likeness (QED) is 0.927. The van der Waals surface area contributed by atoms with Gasteiger partial charge in [-0.1, -0.05) is 29.8 Å². The zero-order chi connectivity index (χ0) is 13.8. The lowest BCUT2D eigenvalue weighted by Gasteiger charge is -2.19. The number of rotatable bonds is 4. The van der Waals surface area contributed by atoms with E-state index in [0.29, 0.717) is 18.1 Å². The second-order valence-corrected chi connectivity index (χ2v) is 5.04. The Balaban J connectivity index is 1.73. The number of methoxy groups -OCH3 is 1. The number of para-hydroxylation sites is 1. The Morgan fingerprint density at radius 3 is 3.05 bits per heavy atom. The molecule has 2 heterocycles. The molecule has 5 heteroatoms. The maximum atomic E-state index is 5.39. The van der Waals surface area contributed by atoms with Crippen LogP contribution in [0.1, 0.15) is 42.6 Å². The van der Waals surface area contributed by atoms with Crippen LogP contribution in [0.2, 0.25) is 0 Å². The van der Waals surface area contributed by atoms with Crippen molar-refractivity contribution in [2.75, 3.05) is 13.7 Å². The van der Waals surface area contributed by atoms with Gasteiger partial charge in [-0.2, -0.15) is 4.98 Å². The molecule has 1 N–H and O–H groups in total. The lowest BCUT2D eigenvalue weighted by atomic mass is 10.1. The summed E-state index contributed by atoms with van der Waals surface area (Å²) in [6.07, 6.45) is 4.12. The maximum absolute atomic E-state index is 5.39. The van der Waals surface area contributed by atoms with Gasteiger partial charge in [0.05, 0.1) is 13.2 Å². The molecule has 0 saturated carbocycles. The molecule has 5 nitrogen and oxygen atoms in total. The molecule has 1 aromatic heterocycles. The van der Waals surface area contributed by atoms with E-state index in [0.717, 1.165) is 24.3 Å². The first-order chi connectivity index (χ1) is 9.86. The number of aromatic nitrogens is 2. The van der Waals surface area contributed by atoms with Crippen molar-refractivity contribution in [3.8, 4) is 5.75 Å². The summed E-state index contributed by atoms with van der Waals surface area (Å²) in [5, 5.41) is 7.49. The predicted octanol–water partition coefficient (Wildman–Crippen LogP) is 2.48. The van der Waals surface area contributed by atoms with Crippen LogP contribution >= 0.6 is 0 Å². The molecule has 3 rings (SSSR count). The average Bonchev–Trinajstić information content (AvgIpc) is 2.97. The van der Waals surface area contributed by atoms with Crippen molar-refractivity contribution in [3.63, 3.8) is 0 Å². The van der Waals surface area contributed by atoms with Gasteiger partial charge in [-0.15, -0.1) is 0 Å². The molecule has 20 heavy (non-hydrogen) atoms. The van der Waals surface area contributed by atoms with Gasteiger partial charge >= 0.3 is 0 Å². The molecule has 2 aromatic rings. The van der Waals surface area contributed by atoms with Crippen molar-refractivity contribution in [2.24, 2.45) is 0 Å². The van der Waals surface area contributed by atoms with E-state index < -0.39 is 0 Å². The molecular formula is C15H19N3O2. The summed E-state index contributed by atoms with van der Waals surface area (Å²) in [5.74, 6) is 2.26. The predicted molar refractivity (Wildman–Crippen MR) is 74.7 cm³/mol. The van der Waals surface area contributed by atoms with Crippen LogP contribution < -0.4 is 10.1 Å².